The molecule has 0 saturated carbocycles. The average Bonchev–Trinajstić information content (AvgIpc) is 3.10. The first kappa shape index (κ1) is 16.7. The third-order valence-electron chi connectivity index (χ3n) is 3.36. The largest absolute Gasteiger partial charge is 0.287 e. The Bertz CT molecular complexity index is 927. The second kappa shape index (κ2) is 7.14. The van der Waals surface area contributed by atoms with Crippen molar-refractivity contribution in [2.24, 2.45) is 0 Å². The SMILES string of the molecule is O=C(NNC(=O)c1ccc(Cl)cc1F)c1cc(-c2ccccc2)n[nH]1. The van der Waals surface area contributed by atoms with E-state index in [9.17, 15) is 14.0 Å². The predicted octanol–water partition coefficient (Wildman–Crippen LogP) is 2.94. The Balaban J connectivity index is 1.65. The third-order valence-corrected chi connectivity index (χ3v) is 3.59. The molecule has 0 aliphatic carbocycles. The lowest BCUT2D eigenvalue weighted by Gasteiger charge is -2.07. The minimum absolute atomic E-state index is 0.149. The summed E-state index contributed by atoms with van der Waals surface area (Å²) in [4.78, 5) is 24.0. The number of rotatable bonds is 3. The topological polar surface area (TPSA) is 86.9 Å². The lowest BCUT2D eigenvalue weighted by Crippen LogP contribution is -2.42. The number of hydrazine groups is 1. The molecule has 2 amide bonds. The van der Waals surface area contributed by atoms with Crippen LogP contribution in [0.15, 0.2) is 54.6 Å². The number of amides is 2. The number of halogens is 2. The van der Waals surface area contributed by atoms with Crippen molar-refractivity contribution in [1.29, 1.82) is 0 Å². The highest BCUT2D eigenvalue weighted by atomic mass is 35.5. The fourth-order valence-corrected chi connectivity index (χ4v) is 2.28. The number of carbonyl (C=O) groups is 2. The smallest absolute Gasteiger partial charge is 0.272 e. The Morgan fingerprint density at radius 3 is 2.44 bits per heavy atom. The molecule has 0 atom stereocenters. The standard InChI is InChI=1S/C17H12ClFN4O2/c18-11-6-7-12(13(19)8-11)16(24)22-23-17(25)15-9-14(20-21-15)10-4-2-1-3-5-10/h1-9H,(H,20,21)(H,22,24)(H,23,25). The molecule has 0 aliphatic heterocycles. The highest BCUT2D eigenvalue weighted by Gasteiger charge is 2.15. The van der Waals surface area contributed by atoms with E-state index in [4.69, 9.17) is 11.6 Å². The molecule has 3 aromatic rings. The van der Waals surface area contributed by atoms with Gasteiger partial charge in [0.15, 0.2) is 0 Å². The molecule has 3 N–H and O–H groups in total. The summed E-state index contributed by atoms with van der Waals surface area (Å²) in [6, 6.07) is 14.4. The van der Waals surface area contributed by atoms with Crippen LogP contribution < -0.4 is 10.9 Å². The zero-order valence-corrected chi connectivity index (χ0v) is 13.5. The van der Waals surface area contributed by atoms with Crippen molar-refractivity contribution in [3.05, 3.63) is 76.7 Å². The molecule has 0 unspecified atom stereocenters. The Morgan fingerprint density at radius 1 is 1.00 bits per heavy atom. The maximum Gasteiger partial charge on any atom is 0.287 e. The van der Waals surface area contributed by atoms with Crippen LogP contribution in [-0.4, -0.2) is 22.0 Å². The number of aromatic amines is 1. The van der Waals surface area contributed by atoms with Crippen molar-refractivity contribution in [3.63, 3.8) is 0 Å². The summed E-state index contributed by atoms with van der Waals surface area (Å²) >= 11 is 5.63. The summed E-state index contributed by atoms with van der Waals surface area (Å²) in [5, 5.41) is 6.80. The predicted molar refractivity (Wildman–Crippen MR) is 90.4 cm³/mol. The van der Waals surface area contributed by atoms with E-state index < -0.39 is 17.6 Å². The third kappa shape index (κ3) is 3.84. The van der Waals surface area contributed by atoms with Crippen molar-refractivity contribution >= 4 is 23.4 Å². The molecule has 2 aromatic carbocycles. The van der Waals surface area contributed by atoms with Gasteiger partial charge in [-0.05, 0) is 24.3 Å². The minimum Gasteiger partial charge on any atom is -0.272 e. The summed E-state index contributed by atoms with van der Waals surface area (Å²) in [6.45, 7) is 0. The van der Waals surface area contributed by atoms with Crippen molar-refractivity contribution in [1.82, 2.24) is 21.0 Å². The molecule has 3 rings (SSSR count). The lowest BCUT2D eigenvalue weighted by molar-refractivity contribution is 0.0841. The molecular weight excluding hydrogens is 347 g/mol. The van der Waals surface area contributed by atoms with Gasteiger partial charge in [-0.25, -0.2) is 4.39 Å². The zero-order valence-electron chi connectivity index (χ0n) is 12.7. The molecule has 126 valence electrons. The molecule has 8 heteroatoms. The van der Waals surface area contributed by atoms with Gasteiger partial charge in [0.05, 0.1) is 11.3 Å². The van der Waals surface area contributed by atoms with Gasteiger partial charge in [0.25, 0.3) is 11.8 Å². The van der Waals surface area contributed by atoms with Gasteiger partial charge in [-0.1, -0.05) is 41.9 Å². The zero-order chi connectivity index (χ0) is 17.8. The van der Waals surface area contributed by atoms with Gasteiger partial charge in [0.2, 0.25) is 0 Å². The Labute approximate surface area is 147 Å². The van der Waals surface area contributed by atoms with E-state index in [0.717, 1.165) is 11.6 Å². The van der Waals surface area contributed by atoms with Crippen LogP contribution in [0.2, 0.25) is 5.02 Å². The highest BCUT2D eigenvalue weighted by Crippen LogP contribution is 2.17. The monoisotopic (exact) mass is 358 g/mol. The van der Waals surface area contributed by atoms with Crippen LogP contribution in [0, 0.1) is 5.82 Å². The van der Waals surface area contributed by atoms with Gasteiger partial charge >= 0.3 is 0 Å². The van der Waals surface area contributed by atoms with E-state index >= 15 is 0 Å². The summed E-state index contributed by atoms with van der Waals surface area (Å²) in [6.07, 6.45) is 0. The first-order valence-electron chi connectivity index (χ1n) is 7.21. The van der Waals surface area contributed by atoms with Crippen LogP contribution in [0.4, 0.5) is 4.39 Å². The van der Waals surface area contributed by atoms with Gasteiger partial charge in [0.1, 0.15) is 11.5 Å². The van der Waals surface area contributed by atoms with Crippen LogP contribution in [0.3, 0.4) is 0 Å². The summed E-state index contributed by atoms with van der Waals surface area (Å²) in [5.41, 5.74) is 5.67. The number of aromatic nitrogens is 2. The van der Waals surface area contributed by atoms with E-state index in [1.54, 1.807) is 6.07 Å². The number of nitrogens with one attached hydrogen (secondary N) is 3. The summed E-state index contributed by atoms with van der Waals surface area (Å²) < 4.78 is 13.7. The van der Waals surface area contributed by atoms with E-state index in [2.05, 4.69) is 21.0 Å². The number of carbonyl (C=O) groups excluding carboxylic acids is 2. The number of hydrogen-bond donors (Lipinski definition) is 3. The number of nitrogens with zero attached hydrogens (tertiary/aromatic N) is 1. The van der Waals surface area contributed by atoms with E-state index in [0.29, 0.717) is 5.69 Å². The van der Waals surface area contributed by atoms with Crippen molar-refractivity contribution < 1.29 is 14.0 Å². The normalized spacial score (nSPS) is 10.3. The maximum atomic E-state index is 13.7. The molecule has 0 saturated heterocycles. The van der Waals surface area contributed by atoms with Crippen molar-refractivity contribution in [2.45, 2.75) is 0 Å². The quantitative estimate of drug-likeness (QED) is 0.629. The summed E-state index contributed by atoms with van der Waals surface area (Å²) in [7, 11) is 0. The van der Waals surface area contributed by atoms with Gasteiger partial charge in [-0.3, -0.25) is 25.5 Å². The molecule has 1 heterocycles. The first-order chi connectivity index (χ1) is 12.0. The van der Waals surface area contributed by atoms with Crippen molar-refractivity contribution in [2.75, 3.05) is 0 Å². The van der Waals surface area contributed by atoms with Crippen LogP contribution in [0.25, 0.3) is 11.3 Å². The van der Waals surface area contributed by atoms with Gasteiger partial charge < -0.3 is 0 Å². The summed E-state index contributed by atoms with van der Waals surface area (Å²) in [5.74, 6) is -2.20. The van der Waals surface area contributed by atoms with Gasteiger partial charge in [-0.2, -0.15) is 5.10 Å². The van der Waals surface area contributed by atoms with Crippen LogP contribution in [-0.2, 0) is 0 Å². The Morgan fingerprint density at radius 2 is 1.72 bits per heavy atom. The molecule has 6 nitrogen and oxygen atoms in total. The molecule has 0 radical (unpaired) electrons. The Hall–Kier alpha value is -3.19. The second-order valence-electron chi connectivity index (χ2n) is 5.07. The average molecular weight is 359 g/mol. The molecule has 0 spiro atoms. The molecule has 0 bridgehead atoms. The highest BCUT2D eigenvalue weighted by molar-refractivity contribution is 6.30. The number of benzene rings is 2. The Kier molecular flexibility index (Phi) is 4.76. The van der Waals surface area contributed by atoms with Crippen molar-refractivity contribution in [3.8, 4) is 11.3 Å². The molecule has 0 aliphatic rings. The number of hydrogen-bond acceptors (Lipinski definition) is 3. The van der Waals surface area contributed by atoms with E-state index in [1.165, 1.54) is 12.1 Å². The molecule has 25 heavy (non-hydrogen) atoms. The minimum atomic E-state index is -0.801. The van der Waals surface area contributed by atoms with Crippen LogP contribution in [0.1, 0.15) is 20.8 Å². The van der Waals surface area contributed by atoms with E-state index in [1.807, 2.05) is 30.3 Å². The number of H-pyrrole nitrogens is 1. The van der Waals surface area contributed by atoms with Gasteiger partial charge in [0, 0.05) is 10.6 Å². The second-order valence-corrected chi connectivity index (χ2v) is 5.50. The molecular formula is C17H12ClFN4O2. The fraction of sp³-hybridized carbons (Fsp3) is 0. The molecule has 0 fully saturated rings. The molecule has 1 aromatic heterocycles. The van der Waals surface area contributed by atoms with E-state index in [-0.39, 0.29) is 16.3 Å². The first-order valence-corrected chi connectivity index (χ1v) is 7.59. The fourth-order valence-electron chi connectivity index (χ4n) is 2.12. The van der Waals surface area contributed by atoms with Crippen LogP contribution >= 0.6 is 11.6 Å². The lowest BCUT2D eigenvalue weighted by atomic mass is 10.1. The van der Waals surface area contributed by atoms with Crippen LogP contribution in [0.5, 0.6) is 0 Å². The van der Waals surface area contributed by atoms with Gasteiger partial charge in [-0.15, -0.1) is 0 Å². The maximum absolute atomic E-state index is 13.7.